The van der Waals surface area contributed by atoms with Gasteiger partial charge in [-0.05, 0) is 25.7 Å². The molecule has 0 aromatic carbocycles. The van der Waals surface area contributed by atoms with Gasteiger partial charge in [0.1, 0.15) is 0 Å². The smallest absolute Gasteiger partial charge is 0.422 e. The van der Waals surface area contributed by atoms with Crippen LogP contribution in [-0.4, -0.2) is 60.5 Å². The summed E-state index contributed by atoms with van der Waals surface area (Å²) in [4.78, 5) is 23.4. The Morgan fingerprint density at radius 2 is 1.95 bits per heavy atom. The van der Waals surface area contributed by atoms with Crippen molar-refractivity contribution in [3.63, 3.8) is 0 Å². The van der Waals surface area contributed by atoms with E-state index >= 15 is 0 Å². The zero-order valence-electron chi connectivity index (χ0n) is 11.9. The molecule has 1 aliphatic rings. The lowest BCUT2D eigenvalue weighted by Gasteiger charge is -2.30. The number of carboxylic acid groups (broad SMARTS) is 1. The van der Waals surface area contributed by atoms with Crippen molar-refractivity contribution >= 4 is 12.0 Å². The van der Waals surface area contributed by atoms with Crippen molar-refractivity contribution in [1.82, 2.24) is 10.2 Å². The first-order chi connectivity index (χ1) is 9.58. The summed E-state index contributed by atoms with van der Waals surface area (Å²) in [5.41, 5.74) is -3.33. The molecule has 0 saturated heterocycles. The highest BCUT2D eigenvalue weighted by Crippen LogP contribution is 2.30. The Morgan fingerprint density at radius 1 is 1.38 bits per heavy atom. The largest absolute Gasteiger partial charge is 0.479 e. The van der Waals surface area contributed by atoms with E-state index in [0.717, 1.165) is 17.7 Å². The van der Waals surface area contributed by atoms with Crippen LogP contribution in [-0.2, 0) is 9.53 Å². The van der Waals surface area contributed by atoms with Crippen molar-refractivity contribution < 1.29 is 32.6 Å². The Hall–Kier alpha value is -1.51. The predicted molar refractivity (Wildman–Crippen MR) is 66.8 cm³/mol. The first kappa shape index (κ1) is 17.5. The van der Waals surface area contributed by atoms with Gasteiger partial charge >= 0.3 is 18.2 Å². The number of ether oxygens (including phenoxy) is 1. The van der Waals surface area contributed by atoms with E-state index in [1.807, 2.05) is 0 Å². The van der Waals surface area contributed by atoms with Crippen LogP contribution < -0.4 is 5.32 Å². The van der Waals surface area contributed by atoms with Crippen molar-refractivity contribution in [1.29, 1.82) is 0 Å². The van der Waals surface area contributed by atoms with Crippen molar-refractivity contribution in [3.05, 3.63) is 0 Å². The molecule has 1 unspecified atom stereocenters. The van der Waals surface area contributed by atoms with Crippen LogP contribution in [0, 0.1) is 5.92 Å². The molecular formula is C12H19F3N2O4. The average Bonchev–Trinajstić information content (AvgIpc) is 3.16. The van der Waals surface area contributed by atoms with Crippen LogP contribution in [0.4, 0.5) is 18.0 Å². The minimum Gasteiger partial charge on any atom is -0.479 e. The van der Waals surface area contributed by atoms with E-state index in [1.165, 1.54) is 12.4 Å². The molecule has 0 spiro atoms. The molecule has 0 aliphatic heterocycles. The number of alkyl halides is 3. The van der Waals surface area contributed by atoms with Gasteiger partial charge in [-0.3, -0.25) is 0 Å². The van der Waals surface area contributed by atoms with Crippen molar-refractivity contribution in [2.75, 3.05) is 26.8 Å². The van der Waals surface area contributed by atoms with Crippen molar-refractivity contribution in [3.8, 4) is 0 Å². The molecule has 0 aromatic rings. The monoisotopic (exact) mass is 312 g/mol. The van der Waals surface area contributed by atoms with E-state index in [2.05, 4.69) is 0 Å². The van der Waals surface area contributed by atoms with Gasteiger partial charge in [-0.1, -0.05) is 0 Å². The number of halogens is 3. The summed E-state index contributed by atoms with van der Waals surface area (Å²) in [6, 6.07) is -1.12. The van der Waals surface area contributed by atoms with Gasteiger partial charge in [0.25, 0.3) is 0 Å². The molecule has 0 heterocycles. The third-order valence-corrected chi connectivity index (χ3v) is 3.32. The number of carbonyl (C=O) groups is 2. The van der Waals surface area contributed by atoms with Crippen LogP contribution in [0.25, 0.3) is 0 Å². The summed E-state index contributed by atoms with van der Waals surface area (Å²) in [5.74, 6) is -1.62. The maximum atomic E-state index is 12.7. The Morgan fingerprint density at radius 3 is 2.38 bits per heavy atom. The van der Waals surface area contributed by atoms with E-state index in [9.17, 15) is 22.8 Å². The number of hydrogen-bond donors (Lipinski definition) is 2. The van der Waals surface area contributed by atoms with E-state index in [4.69, 9.17) is 9.84 Å². The van der Waals surface area contributed by atoms with Crippen LogP contribution in [0.15, 0.2) is 0 Å². The normalized spacial score (nSPS) is 18.0. The SMILES string of the molecule is CN(CCOCC1CC1)C(=O)NC(C)(C(=O)O)C(F)(F)F. The molecule has 9 heteroatoms. The number of carboxylic acids is 1. The Labute approximate surface area is 120 Å². The van der Waals surface area contributed by atoms with Gasteiger partial charge in [-0.2, -0.15) is 13.2 Å². The molecule has 122 valence electrons. The van der Waals surface area contributed by atoms with Gasteiger partial charge in [0.05, 0.1) is 6.61 Å². The second-order valence-corrected chi connectivity index (χ2v) is 5.30. The molecular weight excluding hydrogens is 293 g/mol. The summed E-state index contributed by atoms with van der Waals surface area (Å²) >= 11 is 0. The molecule has 0 bridgehead atoms. The average molecular weight is 312 g/mol. The van der Waals surface area contributed by atoms with Crippen LogP contribution in [0.3, 0.4) is 0 Å². The highest BCUT2D eigenvalue weighted by atomic mass is 19.4. The predicted octanol–water partition coefficient (Wildman–Crippen LogP) is 1.46. The van der Waals surface area contributed by atoms with Crippen LogP contribution >= 0.6 is 0 Å². The fraction of sp³-hybridized carbons (Fsp3) is 0.833. The lowest BCUT2D eigenvalue weighted by atomic mass is 10.0. The molecule has 1 atom stereocenters. The number of hydrogen-bond acceptors (Lipinski definition) is 3. The van der Waals surface area contributed by atoms with Gasteiger partial charge in [-0.15, -0.1) is 0 Å². The number of aliphatic carboxylic acids is 1. The molecule has 1 fully saturated rings. The van der Waals surface area contributed by atoms with Gasteiger partial charge in [0, 0.05) is 20.2 Å². The lowest BCUT2D eigenvalue weighted by Crippen LogP contribution is -2.63. The quantitative estimate of drug-likeness (QED) is 0.698. The van der Waals surface area contributed by atoms with Crippen LogP contribution in [0.1, 0.15) is 19.8 Å². The van der Waals surface area contributed by atoms with Crippen LogP contribution in [0.5, 0.6) is 0 Å². The fourth-order valence-electron chi connectivity index (χ4n) is 1.39. The standard InChI is InChI=1S/C12H19F3N2O4/c1-11(9(18)19,12(13,14)15)16-10(20)17(2)5-6-21-7-8-3-4-8/h8H,3-7H2,1-2H3,(H,16,20)(H,18,19). The first-order valence-corrected chi connectivity index (χ1v) is 6.49. The van der Waals surface area contributed by atoms with Crippen molar-refractivity contribution in [2.45, 2.75) is 31.5 Å². The molecule has 2 N–H and O–H groups in total. The molecule has 1 rings (SSSR count). The molecule has 6 nitrogen and oxygen atoms in total. The number of likely N-dealkylation sites (N-methyl/N-ethyl adjacent to an activating group) is 1. The summed E-state index contributed by atoms with van der Waals surface area (Å²) in [6.07, 6.45) is -2.88. The van der Waals surface area contributed by atoms with Gasteiger partial charge in [0.2, 0.25) is 5.54 Å². The van der Waals surface area contributed by atoms with E-state index in [1.54, 1.807) is 0 Å². The highest BCUT2D eigenvalue weighted by molar-refractivity contribution is 5.86. The Balaban J connectivity index is 2.46. The number of urea groups is 1. The Bertz CT molecular complexity index is 398. The number of nitrogens with zero attached hydrogens (tertiary/aromatic N) is 1. The number of rotatable bonds is 7. The zero-order chi connectivity index (χ0) is 16.3. The third-order valence-electron chi connectivity index (χ3n) is 3.32. The van der Waals surface area contributed by atoms with Gasteiger partial charge in [-0.25, -0.2) is 9.59 Å². The minimum absolute atomic E-state index is 0.0755. The van der Waals surface area contributed by atoms with Gasteiger partial charge < -0.3 is 20.1 Å². The maximum Gasteiger partial charge on any atom is 0.422 e. The Kier molecular flexibility index (Phi) is 5.43. The number of carbonyl (C=O) groups excluding carboxylic acids is 1. The summed E-state index contributed by atoms with van der Waals surface area (Å²) in [7, 11) is 1.27. The zero-order valence-corrected chi connectivity index (χ0v) is 11.9. The fourth-order valence-corrected chi connectivity index (χ4v) is 1.39. The third kappa shape index (κ3) is 4.76. The number of amides is 2. The maximum absolute atomic E-state index is 12.7. The minimum atomic E-state index is -5.10. The highest BCUT2D eigenvalue weighted by Gasteiger charge is 2.58. The van der Waals surface area contributed by atoms with Gasteiger partial charge in [0.15, 0.2) is 0 Å². The van der Waals surface area contributed by atoms with Crippen LogP contribution in [0.2, 0.25) is 0 Å². The molecule has 0 radical (unpaired) electrons. The molecule has 1 aliphatic carbocycles. The summed E-state index contributed by atoms with van der Waals surface area (Å²) < 4.78 is 43.5. The van der Waals surface area contributed by atoms with E-state index < -0.39 is 23.7 Å². The van der Waals surface area contributed by atoms with E-state index in [-0.39, 0.29) is 13.2 Å². The second-order valence-electron chi connectivity index (χ2n) is 5.30. The van der Waals surface area contributed by atoms with E-state index in [0.29, 0.717) is 19.4 Å². The van der Waals surface area contributed by atoms with Crippen molar-refractivity contribution in [2.24, 2.45) is 5.92 Å². The topological polar surface area (TPSA) is 78.9 Å². The second kappa shape index (κ2) is 6.50. The molecule has 2 amide bonds. The molecule has 0 aromatic heterocycles. The number of nitrogens with one attached hydrogen (secondary N) is 1. The lowest BCUT2D eigenvalue weighted by molar-refractivity contribution is -0.203. The first-order valence-electron chi connectivity index (χ1n) is 6.49. The summed E-state index contributed by atoms with van der Waals surface area (Å²) in [6.45, 7) is 1.25. The molecule has 1 saturated carbocycles. The molecule has 21 heavy (non-hydrogen) atoms. The summed E-state index contributed by atoms with van der Waals surface area (Å²) in [5, 5.41) is 10.2.